The van der Waals surface area contributed by atoms with Crippen LogP contribution >= 0.6 is 0 Å². The summed E-state index contributed by atoms with van der Waals surface area (Å²) < 4.78 is 23.4. The zero-order valence-corrected chi connectivity index (χ0v) is 15.9. The van der Waals surface area contributed by atoms with Crippen LogP contribution in [-0.2, 0) is 4.74 Å². The fourth-order valence-corrected chi connectivity index (χ4v) is 2.71. The lowest BCUT2D eigenvalue weighted by molar-refractivity contribution is 0.0662. The first-order chi connectivity index (χ1) is 14.1. The maximum Gasteiger partial charge on any atom is 0.203 e. The van der Waals surface area contributed by atoms with Crippen molar-refractivity contribution in [1.29, 1.82) is 5.41 Å². The minimum atomic E-state index is -0.335. The van der Waals surface area contributed by atoms with E-state index in [-0.39, 0.29) is 23.2 Å². The van der Waals surface area contributed by atoms with Crippen LogP contribution in [0.5, 0.6) is 0 Å². The Hall–Kier alpha value is -3.35. The molecule has 0 aliphatic carbocycles. The molecule has 1 aromatic heterocycles. The van der Waals surface area contributed by atoms with Crippen LogP contribution in [0.15, 0.2) is 28.0 Å². The van der Waals surface area contributed by atoms with Crippen molar-refractivity contribution in [1.82, 2.24) is 20.5 Å². The topological polar surface area (TPSA) is 144 Å². The predicted octanol–water partition coefficient (Wildman–Crippen LogP) is -1.02. The van der Waals surface area contributed by atoms with E-state index in [4.69, 9.17) is 14.8 Å². The Kier molecular flexibility index (Phi) is 6.84. The Labute approximate surface area is 167 Å². The highest BCUT2D eigenvalue weighted by Crippen LogP contribution is 2.14. The number of oxime groups is 1. The van der Waals surface area contributed by atoms with Gasteiger partial charge in [0.15, 0.2) is 11.7 Å². The summed E-state index contributed by atoms with van der Waals surface area (Å²) in [6.45, 7) is 3.46. The molecule has 5 N–H and O–H groups in total. The zero-order valence-electron chi connectivity index (χ0n) is 15.9. The molecule has 29 heavy (non-hydrogen) atoms. The molecule has 0 amide bonds. The molecule has 1 aliphatic heterocycles. The minimum Gasteiger partial charge on any atom is -0.409 e. The summed E-state index contributed by atoms with van der Waals surface area (Å²) in [6.07, 6.45) is 0. The van der Waals surface area contributed by atoms with Gasteiger partial charge in [0.25, 0.3) is 0 Å². The van der Waals surface area contributed by atoms with E-state index < -0.39 is 0 Å². The summed E-state index contributed by atoms with van der Waals surface area (Å²) in [4.78, 5) is 1.90. The molecule has 1 fully saturated rings. The lowest BCUT2D eigenvalue weighted by atomic mass is 9.95. The average Bonchev–Trinajstić information content (AvgIpc) is 3.20. The summed E-state index contributed by atoms with van der Waals surface area (Å²) in [5.74, 6) is 0.260. The van der Waals surface area contributed by atoms with Crippen molar-refractivity contribution in [3.63, 3.8) is 0 Å². The first kappa shape index (κ1) is 20.4. The molecule has 2 aromatic rings. The highest BCUT2D eigenvalue weighted by atomic mass is 19.1. The van der Waals surface area contributed by atoms with E-state index >= 15 is 0 Å². The number of hydrogen-bond acceptors (Lipinski definition) is 8. The van der Waals surface area contributed by atoms with Crippen molar-refractivity contribution < 1.29 is 19.0 Å². The van der Waals surface area contributed by atoms with E-state index in [1.54, 1.807) is 13.9 Å². The molecule has 2 heterocycles. The third kappa shape index (κ3) is 5.35. The third-order valence-corrected chi connectivity index (χ3v) is 4.27. The quantitative estimate of drug-likeness (QED) is 0.102. The molecule has 0 bridgehead atoms. The Balaban J connectivity index is 1.53. The van der Waals surface area contributed by atoms with Crippen molar-refractivity contribution >= 4 is 36.6 Å². The number of nitrogens with zero attached hydrogens (tertiary/aromatic N) is 4. The van der Waals surface area contributed by atoms with Crippen molar-refractivity contribution in [3.8, 4) is 0 Å². The molecule has 3 rings (SSSR count). The second-order valence-corrected chi connectivity index (χ2v) is 6.30. The number of anilines is 2. The third-order valence-electron chi connectivity index (χ3n) is 4.27. The van der Waals surface area contributed by atoms with Gasteiger partial charge in [-0.2, -0.15) is 0 Å². The molecule has 0 atom stereocenters. The molecular formula is C16H22BFN8O3. The number of morpholine rings is 1. The number of aromatic nitrogens is 2. The predicted molar refractivity (Wildman–Crippen MR) is 107 cm³/mol. The Morgan fingerprint density at radius 3 is 2.83 bits per heavy atom. The molecular weight excluding hydrogens is 382 g/mol. The molecule has 1 aromatic carbocycles. The van der Waals surface area contributed by atoms with Crippen LogP contribution in [0, 0.1) is 11.2 Å². The molecule has 0 spiro atoms. The van der Waals surface area contributed by atoms with Crippen LogP contribution in [-0.4, -0.2) is 79.5 Å². The number of hydrogen-bond donors (Lipinski definition) is 5. The van der Waals surface area contributed by atoms with Gasteiger partial charge in [-0.05, 0) is 28.5 Å². The standard InChI is InChI=1S/C16H22BFN8O3/c17-11-9-10(1-2-12(11)18)22-15(23-27)13-14(25-29-24-13)20-3-4-21-16(19)26-5-7-28-8-6-26/h1-2,9,27H,3-8,17H2,(H2,19,21)(H,20,25)(H,22,23). The van der Waals surface area contributed by atoms with E-state index in [0.717, 1.165) is 0 Å². The lowest BCUT2D eigenvalue weighted by Crippen LogP contribution is -2.47. The fourth-order valence-electron chi connectivity index (χ4n) is 2.71. The fraction of sp³-hybridized carbons (Fsp3) is 0.375. The molecule has 0 unspecified atom stereocenters. The van der Waals surface area contributed by atoms with Crippen molar-refractivity contribution in [3.05, 3.63) is 29.7 Å². The number of amidine groups is 1. The van der Waals surface area contributed by atoms with Gasteiger partial charge in [0.2, 0.25) is 11.7 Å². The summed E-state index contributed by atoms with van der Waals surface area (Å²) in [6, 6.07) is 4.39. The van der Waals surface area contributed by atoms with Gasteiger partial charge < -0.3 is 30.8 Å². The van der Waals surface area contributed by atoms with E-state index in [9.17, 15) is 9.60 Å². The number of ether oxygens (including phenoxy) is 1. The maximum atomic E-state index is 13.4. The summed E-state index contributed by atoms with van der Waals surface area (Å²) in [5.41, 5.74) is 1.13. The van der Waals surface area contributed by atoms with E-state index in [0.29, 0.717) is 56.5 Å². The first-order valence-corrected chi connectivity index (χ1v) is 9.05. The van der Waals surface area contributed by atoms with Gasteiger partial charge in [0.05, 0.1) is 13.2 Å². The molecule has 154 valence electrons. The number of benzene rings is 1. The normalized spacial score (nSPS) is 14.5. The summed E-state index contributed by atoms with van der Waals surface area (Å²) in [5, 5.41) is 37.0. The largest absolute Gasteiger partial charge is 0.409 e. The van der Waals surface area contributed by atoms with E-state index in [1.807, 2.05) is 4.90 Å². The zero-order chi connectivity index (χ0) is 20.6. The van der Waals surface area contributed by atoms with Gasteiger partial charge in [-0.3, -0.25) is 5.41 Å². The van der Waals surface area contributed by atoms with Crippen LogP contribution in [0.25, 0.3) is 0 Å². The molecule has 0 saturated carbocycles. The van der Waals surface area contributed by atoms with E-state index in [1.165, 1.54) is 12.1 Å². The SMILES string of the molecule is Bc1cc(N/C(=N\O)c2nonc2NCCNC(=N)N2CCOCC2)ccc1F. The maximum absolute atomic E-state index is 13.4. The first-order valence-electron chi connectivity index (χ1n) is 9.05. The Morgan fingerprint density at radius 1 is 1.31 bits per heavy atom. The highest BCUT2D eigenvalue weighted by Gasteiger charge is 2.18. The number of rotatable bonds is 6. The number of halogens is 1. The average molecular weight is 404 g/mol. The molecule has 0 radical (unpaired) electrons. The second kappa shape index (κ2) is 9.73. The summed E-state index contributed by atoms with van der Waals surface area (Å²) >= 11 is 0. The molecule has 1 saturated heterocycles. The van der Waals surface area contributed by atoms with Crippen molar-refractivity contribution in [2.75, 3.05) is 50.0 Å². The monoisotopic (exact) mass is 404 g/mol. The second-order valence-electron chi connectivity index (χ2n) is 6.30. The van der Waals surface area contributed by atoms with Crippen molar-refractivity contribution in [2.45, 2.75) is 0 Å². The van der Waals surface area contributed by atoms with Gasteiger partial charge >= 0.3 is 0 Å². The van der Waals surface area contributed by atoms with Gasteiger partial charge in [-0.25, -0.2) is 9.02 Å². The van der Waals surface area contributed by atoms with Gasteiger partial charge in [0.1, 0.15) is 13.7 Å². The Morgan fingerprint density at radius 2 is 2.10 bits per heavy atom. The van der Waals surface area contributed by atoms with Crippen LogP contribution in [0.2, 0.25) is 0 Å². The van der Waals surface area contributed by atoms with Crippen LogP contribution in [0.3, 0.4) is 0 Å². The van der Waals surface area contributed by atoms with Gasteiger partial charge in [0, 0.05) is 31.9 Å². The van der Waals surface area contributed by atoms with Crippen LogP contribution in [0.1, 0.15) is 5.69 Å². The van der Waals surface area contributed by atoms with E-state index in [2.05, 4.69) is 31.4 Å². The minimum absolute atomic E-state index is 0.00576. The number of guanidine groups is 1. The highest BCUT2D eigenvalue weighted by molar-refractivity contribution is 6.33. The van der Waals surface area contributed by atoms with Crippen LogP contribution in [0.4, 0.5) is 15.9 Å². The Bertz CT molecular complexity index is 872. The smallest absolute Gasteiger partial charge is 0.203 e. The van der Waals surface area contributed by atoms with Crippen LogP contribution < -0.4 is 21.4 Å². The molecule has 1 aliphatic rings. The molecule has 11 nitrogen and oxygen atoms in total. The lowest BCUT2D eigenvalue weighted by Gasteiger charge is -2.29. The summed E-state index contributed by atoms with van der Waals surface area (Å²) in [7, 11) is 1.63. The molecule has 13 heteroatoms. The number of nitrogens with one attached hydrogen (secondary N) is 4. The van der Waals surface area contributed by atoms with Crippen molar-refractivity contribution in [2.24, 2.45) is 5.16 Å². The van der Waals surface area contributed by atoms with Gasteiger partial charge in [-0.15, -0.1) is 0 Å². The van der Waals surface area contributed by atoms with Gasteiger partial charge in [-0.1, -0.05) is 10.6 Å².